The Balaban J connectivity index is 2.06. The first-order valence-electron chi connectivity index (χ1n) is 11.9. The summed E-state index contributed by atoms with van der Waals surface area (Å²) in [6.45, 7) is 3.24. The Morgan fingerprint density at radius 1 is 0.921 bits per heavy atom. The number of benzene rings is 3. The van der Waals surface area contributed by atoms with Gasteiger partial charge in [0.1, 0.15) is 12.6 Å². The van der Waals surface area contributed by atoms with E-state index in [0.29, 0.717) is 26.9 Å². The molecule has 0 fully saturated rings. The Labute approximate surface area is 234 Å². The zero-order chi connectivity index (χ0) is 28.0. The molecule has 7 nitrogen and oxygen atoms in total. The van der Waals surface area contributed by atoms with E-state index in [1.165, 1.54) is 11.9 Å². The predicted octanol–water partition coefficient (Wildman–Crippen LogP) is 4.76. The highest BCUT2D eigenvalue weighted by molar-refractivity contribution is 7.92. The molecule has 0 spiro atoms. The van der Waals surface area contributed by atoms with E-state index in [-0.39, 0.29) is 18.9 Å². The number of anilines is 1. The van der Waals surface area contributed by atoms with Crippen LogP contribution in [-0.4, -0.2) is 51.0 Å². The number of carbonyl (C=O) groups is 2. The molecule has 0 aliphatic carbocycles. The van der Waals surface area contributed by atoms with E-state index in [1.807, 2.05) is 43.3 Å². The van der Waals surface area contributed by atoms with Crippen LogP contribution in [0.1, 0.15) is 22.3 Å². The highest BCUT2D eigenvalue weighted by Gasteiger charge is 2.33. The van der Waals surface area contributed by atoms with Crippen molar-refractivity contribution in [2.45, 2.75) is 32.9 Å². The number of rotatable bonds is 10. The minimum Gasteiger partial charge on any atom is -0.357 e. The van der Waals surface area contributed by atoms with Crippen molar-refractivity contribution < 1.29 is 18.0 Å². The fraction of sp³-hybridized carbons (Fsp3) is 0.286. The Bertz CT molecular complexity index is 1410. The first-order chi connectivity index (χ1) is 17.9. The Morgan fingerprint density at radius 3 is 2.18 bits per heavy atom. The minimum atomic E-state index is -3.83. The average Bonchev–Trinajstić information content (AvgIpc) is 2.86. The number of amides is 2. The van der Waals surface area contributed by atoms with Crippen LogP contribution in [0.5, 0.6) is 0 Å². The summed E-state index contributed by atoms with van der Waals surface area (Å²) in [5, 5.41) is 3.31. The van der Waals surface area contributed by atoms with Gasteiger partial charge in [-0.15, -0.1) is 0 Å². The van der Waals surface area contributed by atoms with Gasteiger partial charge in [-0.25, -0.2) is 8.42 Å². The molecule has 0 heterocycles. The number of sulfonamides is 1. The van der Waals surface area contributed by atoms with Crippen molar-refractivity contribution in [2.24, 2.45) is 0 Å². The van der Waals surface area contributed by atoms with E-state index in [4.69, 9.17) is 23.2 Å². The van der Waals surface area contributed by atoms with Gasteiger partial charge in [-0.3, -0.25) is 13.9 Å². The molecule has 3 aromatic carbocycles. The van der Waals surface area contributed by atoms with Crippen LogP contribution in [0.25, 0.3) is 0 Å². The summed E-state index contributed by atoms with van der Waals surface area (Å²) in [6, 6.07) is 18.7. The van der Waals surface area contributed by atoms with Crippen LogP contribution in [0.3, 0.4) is 0 Å². The summed E-state index contributed by atoms with van der Waals surface area (Å²) < 4.78 is 26.8. The van der Waals surface area contributed by atoms with Gasteiger partial charge in [0.15, 0.2) is 0 Å². The Morgan fingerprint density at radius 2 is 1.61 bits per heavy atom. The van der Waals surface area contributed by atoms with Crippen LogP contribution < -0.4 is 9.62 Å². The summed E-state index contributed by atoms with van der Waals surface area (Å²) in [6.07, 6.45) is 1.29. The maximum Gasteiger partial charge on any atom is 0.244 e. The second kappa shape index (κ2) is 12.7. The topological polar surface area (TPSA) is 86.8 Å². The summed E-state index contributed by atoms with van der Waals surface area (Å²) in [5.41, 5.74) is 3.58. The third-order valence-electron chi connectivity index (χ3n) is 6.15. The third-order valence-corrected chi connectivity index (χ3v) is 8.02. The third kappa shape index (κ3) is 7.49. The van der Waals surface area contributed by atoms with Gasteiger partial charge in [0.25, 0.3) is 0 Å². The normalized spacial score (nSPS) is 12.1. The molecule has 3 rings (SSSR count). The molecule has 3 aromatic rings. The highest BCUT2D eigenvalue weighted by atomic mass is 35.5. The lowest BCUT2D eigenvalue weighted by molar-refractivity contribution is -0.139. The van der Waals surface area contributed by atoms with Gasteiger partial charge < -0.3 is 10.2 Å². The fourth-order valence-corrected chi connectivity index (χ4v) is 5.46. The number of halogens is 2. The van der Waals surface area contributed by atoms with Gasteiger partial charge in [-0.05, 0) is 48.7 Å². The van der Waals surface area contributed by atoms with Crippen LogP contribution in [0.2, 0.25) is 10.0 Å². The number of carbonyl (C=O) groups excluding carboxylic acids is 2. The van der Waals surface area contributed by atoms with Crippen molar-refractivity contribution >= 4 is 50.7 Å². The van der Waals surface area contributed by atoms with Crippen LogP contribution in [0.4, 0.5) is 5.69 Å². The Hall–Kier alpha value is -3.07. The summed E-state index contributed by atoms with van der Waals surface area (Å²) in [7, 11) is -2.33. The van der Waals surface area contributed by atoms with Crippen molar-refractivity contribution in [2.75, 3.05) is 24.2 Å². The SMILES string of the molecule is CNC(=O)[C@@H](Cc1ccccc1)N(Cc1ccc(Cl)c(Cl)c1)C(=O)CN(c1ccc(C)cc1C)S(C)(=O)=O. The molecule has 0 radical (unpaired) electrons. The van der Waals surface area contributed by atoms with Crippen LogP contribution in [0, 0.1) is 13.8 Å². The second-order valence-electron chi connectivity index (χ2n) is 9.15. The van der Waals surface area contributed by atoms with Gasteiger partial charge in [0.2, 0.25) is 21.8 Å². The molecule has 1 N–H and O–H groups in total. The highest BCUT2D eigenvalue weighted by Crippen LogP contribution is 2.26. The molecule has 0 aliphatic heterocycles. The van der Waals surface area contributed by atoms with Gasteiger partial charge >= 0.3 is 0 Å². The zero-order valence-corrected chi connectivity index (χ0v) is 24.1. The van der Waals surface area contributed by atoms with Crippen LogP contribution in [-0.2, 0) is 32.6 Å². The molecule has 0 saturated carbocycles. The Kier molecular flexibility index (Phi) is 9.82. The molecular weight excluding hydrogens is 545 g/mol. The van der Waals surface area contributed by atoms with Gasteiger partial charge in [0, 0.05) is 20.0 Å². The molecule has 2 amide bonds. The first kappa shape index (κ1) is 29.5. The van der Waals surface area contributed by atoms with Crippen molar-refractivity contribution in [1.29, 1.82) is 0 Å². The second-order valence-corrected chi connectivity index (χ2v) is 11.9. The molecule has 1 atom stereocenters. The summed E-state index contributed by atoms with van der Waals surface area (Å²) in [5.74, 6) is -0.911. The average molecular weight is 577 g/mol. The fourth-order valence-electron chi connectivity index (χ4n) is 4.24. The van der Waals surface area contributed by atoms with Crippen LogP contribution >= 0.6 is 23.2 Å². The van der Waals surface area contributed by atoms with Crippen molar-refractivity contribution in [1.82, 2.24) is 10.2 Å². The number of nitrogens with one attached hydrogen (secondary N) is 1. The van der Waals surface area contributed by atoms with Gasteiger partial charge in [0.05, 0.1) is 22.0 Å². The van der Waals surface area contributed by atoms with E-state index >= 15 is 0 Å². The summed E-state index contributed by atoms with van der Waals surface area (Å²) in [4.78, 5) is 28.5. The molecule has 0 bridgehead atoms. The van der Waals surface area contributed by atoms with Crippen molar-refractivity contribution in [3.8, 4) is 0 Å². The minimum absolute atomic E-state index is 0.0190. The molecule has 10 heteroatoms. The van der Waals surface area contributed by atoms with E-state index in [9.17, 15) is 18.0 Å². The monoisotopic (exact) mass is 575 g/mol. The number of aryl methyl sites for hydroxylation is 2. The standard InChI is InChI=1S/C28H31Cl2N3O4S/c1-19-10-13-25(20(2)14-19)33(38(4,36)37)18-27(34)32(17-22-11-12-23(29)24(30)15-22)26(28(35)31-3)16-21-8-6-5-7-9-21/h5-15,26H,16-18H2,1-4H3,(H,31,35)/t26-/m1/s1. The van der Waals surface area contributed by atoms with E-state index in [0.717, 1.165) is 21.7 Å². The molecule has 0 saturated heterocycles. The molecule has 0 unspecified atom stereocenters. The van der Waals surface area contributed by atoms with Crippen molar-refractivity contribution in [3.63, 3.8) is 0 Å². The predicted molar refractivity (Wildman–Crippen MR) is 153 cm³/mol. The van der Waals surface area contributed by atoms with Crippen molar-refractivity contribution in [3.05, 3.63) is 99.0 Å². The lowest BCUT2D eigenvalue weighted by atomic mass is 10.0. The van der Waals surface area contributed by atoms with Gasteiger partial charge in [-0.2, -0.15) is 0 Å². The quantitative estimate of drug-likeness (QED) is 0.377. The lowest BCUT2D eigenvalue weighted by Crippen LogP contribution is -2.53. The maximum atomic E-state index is 13.9. The summed E-state index contributed by atoms with van der Waals surface area (Å²) >= 11 is 12.3. The van der Waals surface area contributed by atoms with Crippen LogP contribution in [0.15, 0.2) is 66.7 Å². The van der Waals surface area contributed by atoms with E-state index in [1.54, 1.807) is 37.3 Å². The molecule has 202 valence electrons. The maximum absolute atomic E-state index is 13.9. The molecule has 0 aliphatic rings. The molecular formula is C28H31Cl2N3O4S. The number of hydrogen-bond donors (Lipinski definition) is 1. The smallest absolute Gasteiger partial charge is 0.244 e. The number of nitrogens with zero attached hydrogens (tertiary/aromatic N) is 2. The largest absolute Gasteiger partial charge is 0.357 e. The number of likely N-dealkylation sites (N-methyl/N-ethyl adjacent to an activating group) is 1. The first-order valence-corrected chi connectivity index (χ1v) is 14.5. The number of hydrogen-bond acceptors (Lipinski definition) is 4. The van der Waals surface area contributed by atoms with E-state index < -0.39 is 28.5 Å². The lowest BCUT2D eigenvalue weighted by Gasteiger charge is -2.33. The zero-order valence-electron chi connectivity index (χ0n) is 21.7. The molecule has 38 heavy (non-hydrogen) atoms. The molecule has 0 aromatic heterocycles. The van der Waals surface area contributed by atoms with Gasteiger partial charge in [-0.1, -0.05) is 77.3 Å². The van der Waals surface area contributed by atoms with E-state index in [2.05, 4.69) is 5.32 Å².